The molecule has 0 unspecified atom stereocenters. The van der Waals surface area contributed by atoms with Gasteiger partial charge in [0.2, 0.25) is 0 Å². The Morgan fingerprint density at radius 2 is 2.04 bits per heavy atom. The van der Waals surface area contributed by atoms with Gasteiger partial charge in [-0.1, -0.05) is 60.2 Å². The van der Waals surface area contributed by atoms with Gasteiger partial charge in [-0.15, -0.1) is 0 Å². The van der Waals surface area contributed by atoms with Crippen LogP contribution in [-0.2, 0) is 11.3 Å². The zero-order valence-corrected chi connectivity index (χ0v) is 13.1. The molecule has 5 heteroatoms. The lowest BCUT2D eigenvalue weighted by atomic mass is 10.1. The molecule has 2 rings (SSSR count). The van der Waals surface area contributed by atoms with E-state index in [9.17, 15) is 4.79 Å². The second kappa shape index (κ2) is 8.62. The van der Waals surface area contributed by atoms with E-state index in [0.29, 0.717) is 17.1 Å². The van der Waals surface area contributed by atoms with E-state index in [1.165, 1.54) is 0 Å². The number of alkyl carbamates (subject to hydrolysis) is 1. The van der Waals surface area contributed by atoms with Crippen LogP contribution in [-0.4, -0.2) is 12.6 Å². The standard InChI is InChI=1S/C18H15ClN2O2/c19-17-9-8-15(16(11-17)12-20)7-4-10-21-18(22)23-13-14-5-2-1-3-6-14/h1-9,11H,10,13H2,(H,21,22). The molecule has 0 atom stereocenters. The van der Waals surface area contributed by atoms with Crippen LogP contribution in [0.1, 0.15) is 16.7 Å². The summed E-state index contributed by atoms with van der Waals surface area (Å²) in [7, 11) is 0. The van der Waals surface area contributed by atoms with Crippen molar-refractivity contribution in [2.75, 3.05) is 6.54 Å². The summed E-state index contributed by atoms with van der Waals surface area (Å²) in [5.41, 5.74) is 2.16. The molecule has 0 fully saturated rings. The topological polar surface area (TPSA) is 62.1 Å². The quantitative estimate of drug-likeness (QED) is 0.897. The lowest BCUT2D eigenvalue weighted by molar-refractivity contribution is 0.141. The van der Waals surface area contributed by atoms with Gasteiger partial charge in [0.1, 0.15) is 6.61 Å². The maximum absolute atomic E-state index is 11.6. The van der Waals surface area contributed by atoms with Crippen molar-refractivity contribution in [3.05, 3.63) is 76.3 Å². The molecule has 2 aromatic rings. The zero-order valence-electron chi connectivity index (χ0n) is 12.3. The lowest BCUT2D eigenvalue weighted by Crippen LogP contribution is -2.24. The van der Waals surface area contributed by atoms with Crippen molar-refractivity contribution in [2.45, 2.75) is 6.61 Å². The maximum atomic E-state index is 11.6. The second-order valence-electron chi connectivity index (χ2n) is 4.69. The van der Waals surface area contributed by atoms with Crippen LogP contribution in [0.25, 0.3) is 6.08 Å². The summed E-state index contributed by atoms with van der Waals surface area (Å²) in [6.07, 6.45) is 3.01. The van der Waals surface area contributed by atoms with E-state index in [4.69, 9.17) is 21.6 Å². The van der Waals surface area contributed by atoms with Gasteiger partial charge < -0.3 is 10.1 Å². The molecule has 1 amide bonds. The molecule has 0 spiro atoms. The van der Waals surface area contributed by atoms with Crippen molar-refractivity contribution in [3.63, 3.8) is 0 Å². The molecular weight excluding hydrogens is 312 g/mol. The molecule has 1 N–H and O–H groups in total. The largest absolute Gasteiger partial charge is 0.445 e. The average molecular weight is 327 g/mol. The van der Waals surface area contributed by atoms with Crippen LogP contribution in [0, 0.1) is 11.3 Å². The lowest BCUT2D eigenvalue weighted by Gasteiger charge is -2.05. The third kappa shape index (κ3) is 5.50. The number of hydrogen-bond acceptors (Lipinski definition) is 3. The Morgan fingerprint density at radius 3 is 2.78 bits per heavy atom. The first-order chi connectivity index (χ1) is 11.2. The van der Waals surface area contributed by atoms with Gasteiger partial charge >= 0.3 is 6.09 Å². The van der Waals surface area contributed by atoms with Gasteiger partial charge in [-0.25, -0.2) is 4.79 Å². The molecule has 0 aromatic heterocycles. The normalized spacial score (nSPS) is 10.3. The number of carbonyl (C=O) groups excluding carboxylic acids is 1. The molecule has 0 aliphatic carbocycles. The molecule has 116 valence electrons. The number of halogens is 1. The molecule has 2 aromatic carbocycles. The van der Waals surface area contributed by atoms with Crippen molar-refractivity contribution in [1.82, 2.24) is 5.32 Å². The minimum absolute atomic E-state index is 0.228. The van der Waals surface area contributed by atoms with Crippen LogP contribution in [0.5, 0.6) is 0 Å². The SMILES string of the molecule is N#Cc1cc(Cl)ccc1C=CCNC(=O)OCc1ccccc1. The molecule has 0 saturated heterocycles. The van der Waals surface area contributed by atoms with Gasteiger partial charge in [0.25, 0.3) is 0 Å². The van der Waals surface area contributed by atoms with Crippen molar-refractivity contribution < 1.29 is 9.53 Å². The number of carbonyl (C=O) groups is 1. The van der Waals surface area contributed by atoms with E-state index in [2.05, 4.69) is 11.4 Å². The molecule has 0 aliphatic rings. The molecule has 0 radical (unpaired) electrons. The Kier molecular flexibility index (Phi) is 6.22. The van der Waals surface area contributed by atoms with Crippen LogP contribution in [0.4, 0.5) is 4.79 Å². The molecular formula is C18H15ClN2O2. The second-order valence-corrected chi connectivity index (χ2v) is 5.12. The number of nitrogens with one attached hydrogen (secondary N) is 1. The monoisotopic (exact) mass is 326 g/mol. The van der Waals surface area contributed by atoms with Crippen molar-refractivity contribution in [1.29, 1.82) is 5.26 Å². The number of amides is 1. The molecule has 0 aliphatic heterocycles. The Bertz CT molecular complexity index is 736. The molecule has 0 saturated carbocycles. The van der Waals surface area contributed by atoms with E-state index in [0.717, 1.165) is 11.1 Å². The predicted molar refractivity (Wildman–Crippen MR) is 89.8 cm³/mol. The number of rotatable bonds is 5. The molecule has 4 nitrogen and oxygen atoms in total. The number of ether oxygens (including phenoxy) is 1. The summed E-state index contributed by atoms with van der Waals surface area (Å²) >= 11 is 5.84. The van der Waals surface area contributed by atoms with Crippen LogP contribution in [0.2, 0.25) is 5.02 Å². The average Bonchev–Trinajstić information content (AvgIpc) is 2.58. The fraction of sp³-hybridized carbons (Fsp3) is 0.111. The van der Waals surface area contributed by atoms with Crippen molar-refractivity contribution in [3.8, 4) is 6.07 Å². The summed E-state index contributed by atoms with van der Waals surface area (Å²) in [6, 6.07) is 16.6. The van der Waals surface area contributed by atoms with Crippen LogP contribution >= 0.6 is 11.6 Å². The molecule has 23 heavy (non-hydrogen) atoms. The highest BCUT2D eigenvalue weighted by molar-refractivity contribution is 6.30. The Morgan fingerprint density at radius 1 is 1.26 bits per heavy atom. The van der Waals surface area contributed by atoms with E-state index in [1.54, 1.807) is 30.4 Å². The number of hydrogen-bond donors (Lipinski definition) is 1. The summed E-state index contributed by atoms with van der Waals surface area (Å²) in [4.78, 5) is 11.6. The Labute approximate surface area is 140 Å². The molecule has 0 bridgehead atoms. The number of benzene rings is 2. The van der Waals surface area contributed by atoms with Crippen molar-refractivity contribution >= 4 is 23.8 Å². The van der Waals surface area contributed by atoms with Crippen LogP contribution in [0.3, 0.4) is 0 Å². The van der Waals surface area contributed by atoms with Gasteiger partial charge in [0, 0.05) is 11.6 Å². The van der Waals surface area contributed by atoms with Crippen LogP contribution < -0.4 is 5.32 Å². The fourth-order valence-corrected chi connectivity index (χ4v) is 2.05. The smallest absolute Gasteiger partial charge is 0.407 e. The van der Waals surface area contributed by atoms with Gasteiger partial charge in [-0.3, -0.25) is 0 Å². The summed E-state index contributed by atoms with van der Waals surface area (Å²) < 4.78 is 5.09. The van der Waals surface area contributed by atoms with Gasteiger partial charge in [-0.05, 0) is 23.3 Å². The Hall–Kier alpha value is -2.77. The third-order valence-corrected chi connectivity index (χ3v) is 3.25. The highest BCUT2D eigenvalue weighted by atomic mass is 35.5. The van der Waals surface area contributed by atoms with E-state index < -0.39 is 6.09 Å². The van der Waals surface area contributed by atoms with E-state index >= 15 is 0 Å². The zero-order chi connectivity index (χ0) is 16.5. The summed E-state index contributed by atoms with van der Waals surface area (Å²) in [6.45, 7) is 0.535. The minimum atomic E-state index is -0.491. The van der Waals surface area contributed by atoms with Gasteiger partial charge in [0.15, 0.2) is 0 Å². The fourth-order valence-electron chi connectivity index (χ4n) is 1.87. The maximum Gasteiger partial charge on any atom is 0.407 e. The first-order valence-electron chi connectivity index (χ1n) is 7.00. The highest BCUT2D eigenvalue weighted by Crippen LogP contribution is 2.16. The van der Waals surface area contributed by atoms with Gasteiger partial charge in [-0.2, -0.15) is 5.26 Å². The first kappa shape index (κ1) is 16.6. The van der Waals surface area contributed by atoms with Crippen molar-refractivity contribution in [2.24, 2.45) is 0 Å². The minimum Gasteiger partial charge on any atom is -0.445 e. The first-order valence-corrected chi connectivity index (χ1v) is 7.37. The summed E-state index contributed by atoms with van der Waals surface area (Å²) in [5, 5.41) is 12.2. The van der Waals surface area contributed by atoms with E-state index in [1.807, 2.05) is 30.3 Å². The Balaban J connectivity index is 1.78. The van der Waals surface area contributed by atoms with E-state index in [-0.39, 0.29) is 6.61 Å². The number of nitrogens with zero attached hydrogens (tertiary/aromatic N) is 1. The predicted octanol–water partition coefficient (Wildman–Crippen LogP) is 4.15. The third-order valence-electron chi connectivity index (χ3n) is 3.01. The van der Waals surface area contributed by atoms with Gasteiger partial charge in [0.05, 0.1) is 11.6 Å². The molecule has 0 heterocycles. The van der Waals surface area contributed by atoms with Crippen LogP contribution in [0.15, 0.2) is 54.6 Å². The summed E-state index contributed by atoms with van der Waals surface area (Å²) in [5.74, 6) is 0. The highest BCUT2D eigenvalue weighted by Gasteiger charge is 2.01. The number of nitriles is 1.